The Kier molecular flexibility index (Phi) is 3.59. The molecule has 0 bridgehead atoms. The average molecular weight is 234 g/mol. The summed E-state index contributed by atoms with van der Waals surface area (Å²) in [6, 6.07) is 0. The molecule has 1 fully saturated rings. The highest BCUT2D eigenvalue weighted by Crippen LogP contribution is 2.33. The fraction of sp³-hybridized carbons (Fsp3) is 1.00. The molecule has 1 aliphatic rings. The molecule has 1 saturated heterocycles. The lowest BCUT2D eigenvalue weighted by atomic mass is 9.80. The predicted molar refractivity (Wildman–Crippen MR) is 57.8 cm³/mol. The third-order valence-electron chi connectivity index (χ3n) is 2.90. The second kappa shape index (κ2) is 4.10. The summed E-state index contributed by atoms with van der Waals surface area (Å²) < 4.78 is 0. The maximum atomic E-state index is 3.49. The molecule has 0 aliphatic carbocycles. The molecule has 72 valence electrons. The summed E-state index contributed by atoms with van der Waals surface area (Å²) >= 11 is 3.49. The first kappa shape index (κ1) is 10.5. The molecule has 2 heteroatoms. The second-order valence-corrected chi connectivity index (χ2v) is 5.63. The monoisotopic (exact) mass is 233 g/mol. The molecule has 0 aromatic heterocycles. The van der Waals surface area contributed by atoms with Gasteiger partial charge in [-0.05, 0) is 24.3 Å². The standard InChI is InChI=1S/C10H20BrN/c1-10(2,3)9-4-6-12(8-9)7-5-11/h9H,4-8H2,1-3H3. The molecular formula is C10H20BrN. The molecule has 0 N–H and O–H groups in total. The number of rotatable bonds is 2. The summed E-state index contributed by atoms with van der Waals surface area (Å²) in [7, 11) is 0. The molecule has 0 aromatic rings. The van der Waals surface area contributed by atoms with E-state index in [9.17, 15) is 0 Å². The number of hydrogen-bond donors (Lipinski definition) is 0. The Morgan fingerprint density at radius 2 is 2.08 bits per heavy atom. The van der Waals surface area contributed by atoms with Crippen LogP contribution in [0.1, 0.15) is 27.2 Å². The highest BCUT2D eigenvalue weighted by Gasteiger charge is 2.30. The van der Waals surface area contributed by atoms with E-state index in [0.717, 1.165) is 11.2 Å². The summed E-state index contributed by atoms with van der Waals surface area (Å²) in [5.74, 6) is 0.900. The summed E-state index contributed by atoms with van der Waals surface area (Å²) in [5, 5.41) is 1.11. The van der Waals surface area contributed by atoms with Gasteiger partial charge in [-0.25, -0.2) is 0 Å². The second-order valence-electron chi connectivity index (χ2n) is 4.84. The summed E-state index contributed by atoms with van der Waals surface area (Å²) in [6.07, 6.45) is 1.39. The number of nitrogens with zero attached hydrogens (tertiary/aromatic N) is 1. The van der Waals surface area contributed by atoms with Gasteiger partial charge in [-0.2, -0.15) is 0 Å². The smallest absolute Gasteiger partial charge is 0.0159 e. The normalized spacial score (nSPS) is 26.5. The van der Waals surface area contributed by atoms with Gasteiger partial charge in [0.1, 0.15) is 0 Å². The summed E-state index contributed by atoms with van der Waals surface area (Å²) in [5.41, 5.74) is 0.501. The molecule has 0 saturated carbocycles. The van der Waals surface area contributed by atoms with Gasteiger partial charge in [0.2, 0.25) is 0 Å². The SMILES string of the molecule is CC(C)(C)C1CCN(CCBr)C1. The van der Waals surface area contributed by atoms with Crippen LogP contribution in [0.4, 0.5) is 0 Å². The van der Waals surface area contributed by atoms with Crippen LogP contribution in [0.3, 0.4) is 0 Å². The van der Waals surface area contributed by atoms with Crippen molar-refractivity contribution in [1.29, 1.82) is 0 Å². The van der Waals surface area contributed by atoms with Crippen LogP contribution in [0.5, 0.6) is 0 Å². The quantitative estimate of drug-likeness (QED) is 0.664. The van der Waals surface area contributed by atoms with E-state index in [4.69, 9.17) is 0 Å². The Balaban J connectivity index is 2.35. The van der Waals surface area contributed by atoms with Crippen molar-refractivity contribution in [1.82, 2.24) is 4.90 Å². The molecule has 1 atom stereocenters. The number of likely N-dealkylation sites (tertiary alicyclic amines) is 1. The largest absolute Gasteiger partial charge is 0.302 e. The fourth-order valence-electron chi connectivity index (χ4n) is 1.86. The van der Waals surface area contributed by atoms with Gasteiger partial charge in [-0.1, -0.05) is 36.7 Å². The number of alkyl halides is 1. The van der Waals surface area contributed by atoms with Crippen molar-refractivity contribution in [2.24, 2.45) is 11.3 Å². The first-order chi connectivity index (χ1) is 5.54. The van der Waals surface area contributed by atoms with E-state index < -0.39 is 0 Å². The van der Waals surface area contributed by atoms with Crippen molar-refractivity contribution in [3.8, 4) is 0 Å². The maximum absolute atomic E-state index is 3.49. The minimum absolute atomic E-state index is 0.501. The van der Waals surface area contributed by atoms with Gasteiger partial charge in [0, 0.05) is 18.4 Å². The predicted octanol–water partition coefficient (Wildman–Crippen LogP) is 2.75. The van der Waals surface area contributed by atoms with E-state index in [0.29, 0.717) is 5.41 Å². The van der Waals surface area contributed by atoms with E-state index in [1.54, 1.807) is 0 Å². The molecule has 0 spiro atoms. The number of halogens is 1. The maximum Gasteiger partial charge on any atom is 0.0159 e. The van der Waals surface area contributed by atoms with Gasteiger partial charge in [0.25, 0.3) is 0 Å². The Hall–Kier alpha value is 0.440. The van der Waals surface area contributed by atoms with Gasteiger partial charge >= 0.3 is 0 Å². The molecular weight excluding hydrogens is 214 g/mol. The zero-order valence-electron chi connectivity index (χ0n) is 8.44. The van der Waals surface area contributed by atoms with Crippen LogP contribution in [0.15, 0.2) is 0 Å². The average Bonchev–Trinajstić information content (AvgIpc) is 2.35. The lowest BCUT2D eigenvalue weighted by Gasteiger charge is -2.26. The van der Waals surface area contributed by atoms with E-state index in [1.165, 1.54) is 26.1 Å². The van der Waals surface area contributed by atoms with E-state index in [1.807, 2.05) is 0 Å². The van der Waals surface area contributed by atoms with Crippen LogP contribution in [0.2, 0.25) is 0 Å². The van der Waals surface area contributed by atoms with Gasteiger partial charge in [-0.15, -0.1) is 0 Å². The highest BCUT2D eigenvalue weighted by atomic mass is 79.9. The van der Waals surface area contributed by atoms with Crippen molar-refractivity contribution in [2.45, 2.75) is 27.2 Å². The molecule has 1 heterocycles. The van der Waals surface area contributed by atoms with Crippen molar-refractivity contribution >= 4 is 15.9 Å². The van der Waals surface area contributed by atoms with E-state index in [-0.39, 0.29) is 0 Å². The lowest BCUT2D eigenvalue weighted by molar-refractivity contribution is 0.233. The minimum atomic E-state index is 0.501. The molecule has 12 heavy (non-hydrogen) atoms. The first-order valence-corrected chi connectivity index (χ1v) is 5.94. The van der Waals surface area contributed by atoms with Crippen molar-refractivity contribution in [2.75, 3.05) is 25.0 Å². The molecule has 1 unspecified atom stereocenters. The number of hydrogen-bond acceptors (Lipinski definition) is 1. The van der Waals surface area contributed by atoms with Crippen molar-refractivity contribution < 1.29 is 0 Å². The van der Waals surface area contributed by atoms with E-state index in [2.05, 4.69) is 41.6 Å². The fourth-order valence-corrected chi connectivity index (χ4v) is 2.36. The Labute approximate surface area is 84.6 Å². The minimum Gasteiger partial charge on any atom is -0.302 e. The first-order valence-electron chi connectivity index (χ1n) is 4.82. The van der Waals surface area contributed by atoms with Crippen LogP contribution in [-0.4, -0.2) is 29.9 Å². The van der Waals surface area contributed by atoms with Gasteiger partial charge in [0.15, 0.2) is 0 Å². The molecule has 1 nitrogen and oxygen atoms in total. The molecule has 0 amide bonds. The Bertz CT molecular complexity index is 139. The van der Waals surface area contributed by atoms with Crippen molar-refractivity contribution in [3.63, 3.8) is 0 Å². The van der Waals surface area contributed by atoms with Crippen LogP contribution < -0.4 is 0 Å². The molecule has 0 radical (unpaired) electrons. The molecule has 1 rings (SSSR count). The summed E-state index contributed by atoms with van der Waals surface area (Å²) in [6.45, 7) is 10.9. The zero-order valence-corrected chi connectivity index (χ0v) is 10.0. The van der Waals surface area contributed by atoms with Gasteiger partial charge in [-0.3, -0.25) is 0 Å². The highest BCUT2D eigenvalue weighted by molar-refractivity contribution is 9.09. The summed E-state index contributed by atoms with van der Waals surface area (Å²) in [4.78, 5) is 2.56. The van der Waals surface area contributed by atoms with Crippen LogP contribution in [0, 0.1) is 11.3 Å². The molecule has 1 aliphatic heterocycles. The third kappa shape index (κ3) is 2.74. The van der Waals surface area contributed by atoms with Crippen LogP contribution >= 0.6 is 15.9 Å². The van der Waals surface area contributed by atoms with Crippen LogP contribution in [-0.2, 0) is 0 Å². The zero-order chi connectivity index (χ0) is 9.19. The van der Waals surface area contributed by atoms with Gasteiger partial charge < -0.3 is 4.90 Å². The van der Waals surface area contributed by atoms with Gasteiger partial charge in [0.05, 0.1) is 0 Å². The topological polar surface area (TPSA) is 3.24 Å². The van der Waals surface area contributed by atoms with Crippen molar-refractivity contribution in [3.05, 3.63) is 0 Å². The Morgan fingerprint density at radius 1 is 1.42 bits per heavy atom. The third-order valence-corrected chi connectivity index (χ3v) is 3.25. The molecule has 0 aromatic carbocycles. The Morgan fingerprint density at radius 3 is 2.50 bits per heavy atom. The lowest BCUT2D eigenvalue weighted by Crippen LogP contribution is -2.27. The van der Waals surface area contributed by atoms with Crippen LogP contribution in [0.25, 0.3) is 0 Å². The van der Waals surface area contributed by atoms with E-state index >= 15 is 0 Å².